The van der Waals surface area contributed by atoms with Gasteiger partial charge in [0.15, 0.2) is 5.88 Å². The van der Waals surface area contributed by atoms with Crippen LogP contribution in [0.3, 0.4) is 0 Å². The van der Waals surface area contributed by atoms with Gasteiger partial charge < -0.3 is 14.6 Å². The number of ether oxygens (including phenoxy) is 1. The molecular formula is C22H25N3O. The zero-order valence-electron chi connectivity index (χ0n) is 15.0. The average Bonchev–Trinajstić information content (AvgIpc) is 3.18. The first-order chi connectivity index (χ1) is 12.9. The lowest BCUT2D eigenvalue weighted by molar-refractivity contribution is 0.249. The number of nitrogens with one attached hydrogen (secondary N) is 1. The molecular weight excluding hydrogens is 322 g/mol. The summed E-state index contributed by atoms with van der Waals surface area (Å²) in [6, 6.07) is 25.1. The summed E-state index contributed by atoms with van der Waals surface area (Å²) in [5.74, 6) is 1.97. The summed E-state index contributed by atoms with van der Waals surface area (Å²) < 4.78 is 5.87. The Hall–Kier alpha value is -2.72. The lowest BCUT2D eigenvalue weighted by Gasteiger charge is -2.35. The fraction of sp³-hybridized carbons (Fsp3) is 0.273. The molecule has 0 amide bonds. The molecule has 1 N–H and O–H groups in total. The standard InChI is InChI=1S/C22H25N3O/c1-3-7-19(8-4-1)17-24-13-15-25(16-14-24)21-11-12-22(23-21)26-18-20-9-5-2-6-10-20/h1-12,23H,13-18H2. The maximum Gasteiger partial charge on any atom is 0.192 e. The molecule has 3 aromatic rings. The van der Waals surface area contributed by atoms with Crippen molar-refractivity contribution in [1.29, 1.82) is 0 Å². The summed E-state index contributed by atoms with van der Waals surface area (Å²) in [5.41, 5.74) is 2.57. The second-order valence-electron chi connectivity index (χ2n) is 6.73. The van der Waals surface area contributed by atoms with Crippen LogP contribution in [-0.2, 0) is 13.2 Å². The second kappa shape index (κ2) is 8.11. The minimum atomic E-state index is 0.589. The van der Waals surface area contributed by atoms with Gasteiger partial charge in [0.25, 0.3) is 0 Å². The van der Waals surface area contributed by atoms with Crippen molar-refractivity contribution in [3.8, 4) is 5.88 Å². The highest BCUT2D eigenvalue weighted by molar-refractivity contribution is 5.43. The third-order valence-electron chi connectivity index (χ3n) is 4.84. The number of anilines is 1. The van der Waals surface area contributed by atoms with Crippen molar-refractivity contribution in [3.63, 3.8) is 0 Å². The van der Waals surface area contributed by atoms with E-state index in [2.05, 4.69) is 63.3 Å². The zero-order valence-corrected chi connectivity index (χ0v) is 15.0. The van der Waals surface area contributed by atoms with E-state index >= 15 is 0 Å². The van der Waals surface area contributed by atoms with E-state index in [1.165, 1.54) is 11.1 Å². The van der Waals surface area contributed by atoms with Crippen LogP contribution in [0.2, 0.25) is 0 Å². The Labute approximate surface area is 155 Å². The van der Waals surface area contributed by atoms with Crippen LogP contribution in [0.1, 0.15) is 11.1 Å². The van der Waals surface area contributed by atoms with Gasteiger partial charge in [0.2, 0.25) is 0 Å². The van der Waals surface area contributed by atoms with Gasteiger partial charge in [0.05, 0.1) is 0 Å². The van der Waals surface area contributed by atoms with E-state index in [9.17, 15) is 0 Å². The summed E-state index contributed by atoms with van der Waals surface area (Å²) in [5, 5.41) is 0. The van der Waals surface area contributed by atoms with E-state index in [4.69, 9.17) is 4.74 Å². The Morgan fingerprint density at radius 3 is 2.08 bits per heavy atom. The third-order valence-corrected chi connectivity index (χ3v) is 4.84. The van der Waals surface area contributed by atoms with Crippen LogP contribution >= 0.6 is 0 Å². The maximum absolute atomic E-state index is 5.87. The minimum Gasteiger partial charge on any atom is -0.474 e. The summed E-state index contributed by atoms with van der Waals surface area (Å²) >= 11 is 0. The van der Waals surface area contributed by atoms with Gasteiger partial charge in [-0.2, -0.15) is 0 Å². The first-order valence-corrected chi connectivity index (χ1v) is 9.24. The smallest absolute Gasteiger partial charge is 0.192 e. The largest absolute Gasteiger partial charge is 0.474 e. The van der Waals surface area contributed by atoms with Crippen molar-refractivity contribution in [1.82, 2.24) is 9.88 Å². The fourth-order valence-electron chi connectivity index (χ4n) is 3.36. The van der Waals surface area contributed by atoms with E-state index in [-0.39, 0.29) is 0 Å². The molecule has 2 aromatic carbocycles. The molecule has 1 aliphatic heterocycles. The quantitative estimate of drug-likeness (QED) is 0.733. The Balaban J connectivity index is 1.27. The minimum absolute atomic E-state index is 0.589. The normalized spacial score (nSPS) is 15.2. The molecule has 0 spiro atoms. The van der Waals surface area contributed by atoms with Crippen LogP contribution < -0.4 is 9.64 Å². The van der Waals surface area contributed by atoms with Crippen LogP contribution in [-0.4, -0.2) is 36.1 Å². The molecule has 134 valence electrons. The van der Waals surface area contributed by atoms with E-state index in [0.29, 0.717) is 6.61 Å². The lowest BCUT2D eigenvalue weighted by Crippen LogP contribution is -2.46. The zero-order chi connectivity index (χ0) is 17.6. The van der Waals surface area contributed by atoms with Gasteiger partial charge in [-0.1, -0.05) is 60.7 Å². The predicted octanol–water partition coefficient (Wildman–Crippen LogP) is 3.92. The van der Waals surface area contributed by atoms with E-state index in [1.807, 2.05) is 24.3 Å². The number of aromatic nitrogens is 1. The molecule has 1 aliphatic rings. The third kappa shape index (κ3) is 4.27. The monoisotopic (exact) mass is 347 g/mol. The first kappa shape index (κ1) is 16.7. The molecule has 0 saturated carbocycles. The maximum atomic E-state index is 5.87. The molecule has 4 heteroatoms. The Kier molecular flexibility index (Phi) is 5.22. The van der Waals surface area contributed by atoms with Gasteiger partial charge in [-0.15, -0.1) is 0 Å². The summed E-state index contributed by atoms with van der Waals surface area (Å²) in [6.45, 7) is 5.84. The topological polar surface area (TPSA) is 31.5 Å². The SMILES string of the molecule is c1ccc(COc2ccc(N3CCN(Cc4ccccc4)CC3)[nH]2)cc1. The van der Waals surface area contributed by atoms with Crippen LogP contribution in [0.5, 0.6) is 5.88 Å². The van der Waals surface area contributed by atoms with Gasteiger partial charge in [-0.05, 0) is 17.2 Å². The van der Waals surface area contributed by atoms with E-state index in [1.54, 1.807) is 0 Å². The van der Waals surface area contributed by atoms with Crippen LogP contribution in [0.15, 0.2) is 72.8 Å². The molecule has 4 rings (SSSR count). The van der Waals surface area contributed by atoms with Gasteiger partial charge in [-0.25, -0.2) is 0 Å². The molecule has 4 nitrogen and oxygen atoms in total. The van der Waals surface area contributed by atoms with Gasteiger partial charge in [-0.3, -0.25) is 4.90 Å². The van der Waals surface area contributed by atoms with Crippen molar-refractivity contribution >= 4 is 5.82 Å². The van der Waals surface area contributed by atoms with Crippen molar-refractivity contribution in [2.75, 3.05) is 31.1 Å². The van der Waals surface area contributed by atoms with Crippen molar-refractivity contribution in [3.05, 3.63) is 83.9 Å². The lowest BCUT2D eigenvalue weighted by atomic mass is 10.2. The van der Waals surface area contributed by atoms with E-state index in [0.717, 1.165) is 44.4 Å². The van der Waals surface area contributed by atoms with Crippen molar-refractivity contribution in [2.45, 2.75) is 13.2 Å². The second-order valence-corrected chi connectivity index (χ2v) is 6.73. The molecule has 0 unspecified atom stereocenters. The summed E-state index contributed by atoms with van der Waals surface area (Å²) in [6.07, 6.45) is 0. The van der Waals surface area contributed by atoms with Crippen LogP contribution in [0.25, 0.3) is 0 Å². The molecule has 1 fully saturated rings. The highest BCUT2D eigenvalue weighted by Crippen LogP contribution is 2.21. The van der Waals surface area contributed by atoms with Gasteiger partial charge in [0.1, 0.15) is 12.4 Å². The number of H-pyrrole nitrogens is 1. The average molecular weight is 347 g/mol. The molecule has 0 aliphatic carbocycles. The Morgan fingerprint density at radius 1 is 0.731 bits per heavy atom. The molecule has 1 aromatic heterocycles. The number of benzene rings is 2. The first-order valence-electron chi connectivity index (χ1n) is 9.24. The van der Waals surface area contributed by atoms with Crippen LogP contribution in [0, 0.1) is 0 Å². The molecule has 0 bridgehead atoms. The number of aromatic amines is 1. The number of rotatable bonds is 6. The molecule has 1 saturated heterocycles. The molecule has 0 atom stereocenters. The van der Waals surface area contributed by atoms with Gasteiger partial charge >= 0.3 is 0 Å². The number of nitrogens with zero attached hydrogens (tertiary/aromatic N) is 2. The molecule has 0 radical (unpaired) electrons. The Bertz CT molecular complexity index is 793. The number of hydrogen-bond donors (Lipinski definition) is 1. The van der Waals surface area contributed by atoms with Gasteiger partial charge in [0, 0.05) is 38.8 Å². The summed E-state index contributed by atoms with van der Waals surface area (Å²) in [4.78, 5) is 8.32. The fourth-order valence-corrected chi connectivity index (χ4v) is 3.36. The highest BCUT2D eigenvalue weighted by atomic mass is 16.5. The van der Waals surface area contributed by atoms with E-state index < -0.39 is 0 Å². The predicted molar refractivity (Wildman–Crippen MR) is 105 cm³/mol. The number of piperazine rings is 1. The molecule has 2 heterocycles. The summed E-state index contributed by atoms with van der Waals surface area (Å²) in [7, 11) is 0. The Morgan fingerprint density at radius 2 is 1.38 bits per heavy atom. The van der Waals surface area contributed by atoms with Crippen molar-refractivity contribution < 1.29 is 4.74 Å². The van der Waals surface area contributed by atoms with Crippen molar-refractivity contribution in [2.24, 2.45) is 0 Å². The van der Waals surface area contributed by atoms with Crippen LogP contribution in [0.4, 0.5) is 5.82 Å². The molecule has 26 heavy (non-hydrogen) atoms. The number of hydrogen-bond acceptors (Lipinski definition) is 3. The highest BCUT2D eigenvalue weighted by Gasteiger charge is 2.18.